The van der Waals surface area contributed by atoms with Gasteiger partial charge in [0.15, 0.2) is 0 Å². The number of hydrogen-bond acceptors (Lipinski definition) is 5. The zero-order chi connectivity index (χ0) is 12.1. The monoisotopic (exact) mass is 233 g/mol. The zero-order valence-electron chi connectivity index (χ0n) is 9.67. The third-order valence-electron chi connectivity index (χ3n) is 2.41. The molecule has 1 aromatic carbocycles. The fraction of sp³-hybridized carbons (Fsp3) is 0.333. The summed E-state index contributed by atoms with van der Waals surface area (Å²) < 4.78 is 10.5. The maximum absolute atomic E-state index is 5.43. The van der Waals surface area contributed by atoms with Crippen molar-refractivity contribution in [2.24, 2.45) is 5.73 Å². The molecule has 0 spiro atoms. The second kappa shape index (κ2) is 5.56. The van der Waals surface area contributed by atoms with Crippen LogP contribution in [0.1, 0.15) is 23.4 Å². The van der Waals surface area contributed by atoms with Crippen LogP contribution in [0.4, 0.5) is 0 Å². The Balaban J connectivity index is 2.23. The summed E-state index contributed by atoms with van der Waals surface area (Å²) in [5.74, 6) is 1.07. The Labute approximate surface area is 99.6 Å². The largest absolute Gasteiger partial charge is 0.369 e. The molecule has 2 N–H and O–H groups in total. The fourth-order valence-electron chi connectivity index (χ4n) is 1.62. The van der Waals surface area contributed by atoms with Crippen molar-refractivity contribution in [2.45, 2.75) is 12.5 Å². The highest BCUT2D eigenvalue weighted by molar-refractivity contribution is 5.22. The highest BCUT2D eigenvalue weighted by Crippen LogP contribution is 2.22. The van der Waals surface area contributed by atoms with Gasteiger partial charge >= 0.3 is 0 Å². The molecule has 2 rings (SSSR count). The lowest BCUT2D eigenvalue weighted by Gasteiger charge is -2.10. The molecule has 0 bridgehead atoms. The van der Waals surface area contributed by atoms with E-state index in [4.69, 9.17) is 15.0 Å². The lowest BCUT2D eigenvalue weighted by atomic mass is 10.1. The van der Waals surface area contributed by atoms with Crippen LogP contribution in [0.3, 0.4) is 0 Å². The van der Waals surface area contributed by atoms with Crippen molar-refractivity contribution in [3.63, 3.8) is 0 Å². The molecule has 1 atom stereocenters. The van der Waals surface area contributed by atoms with Gasteiger partial charge in [0, 0.05) is 20.1 Å². The summed E-state index contributed by atoms with van der Waals surface area (Å²) in [7, 11) is 1.62. The molecule has 0 aliphatic carbocycles. The molecular weight excluding hydrogens is 218 g/mol. The maximum Gasteiger partial charge on any atom is 0.228 e. The van der Waals surface area contributed by atoms with Crippen LogP contribution in [0, 0.1) is 0 Å². The van der Waals surface area contributed by atoms with Crippen LogP contribution in [-0.2, 0) is 11.2 Å². The van der Waals surface area contributed by atoms with E-state index in [9.17, 15) is 0 Å². The Morgan fingerprint density at radius 1 is 1.35 bits per heavy atom. The Morgan fingerprint density at radius 2 is 2.12 bits per heavy atom. The SMILES string of the molecule is COC(c1ccccc1)c1noc(CCN)n1. The van der Waals surface area contributed by atoms with E-state index in [2.05, 4.69) is 10.1 Å². The number of methoxy groups -OCH3 is 1. The quantitative estimate of drug-likeness (QED) is 0.842. The third kappa shape index (κ3) is 2.69. The van der Waals surface area contributed by atoms with Crippen LogP contribution >= 0.6 is 0 Å². The van der Waals surface area contributed by atoms with E-state index >= 15 is 0 Å². The first-order valence-corrected chi connectivity index (χ1v) is 5.45. The minimum absolute atomic E-state index is 0.300. The van der Waals surface area contributed by atoms with Crippen molar-refractivity contribution < 1.29 is 9.26 Å². The van der Waals surface area contributed by atoms with Crippen LogP contribution < -0.4 is 5.73 Å². The molecule has 17 heavy (non-hydrogen) atoms. The molecule has 1 unspecified atom stereocenters. The number of hydrogen-bond donors (Lipinski definition) is 1. The highest BCUT2D eigenvalue weighted by Gasteiger charge is 2.19. The van der Waals surface area contributed by atoms with Gasteiger partial charge in [0.2, 0.25) is 11.7 Å². The molecule has 0 saturated carbocycles. The van der Waals surface area contributed by atoms with Gasteiger partial charge < -0.3 is 15.0 Å². The molecule has 0 fully saturated rings. The van der Waals surface area contributed by atoms with Crippen molar-refractivity contribution in [3.8, 4) is 0 Å². The highest BCUT2D eigenvalue weighted by atomic mass is 16.5. The van der Waals surface area contributed by atoms with Gasteiger partial charge in [0.1, 0.15) is 6.10 Å². The van der Waals surface area contributed by atoms with Gasteiger partial charge in [-0.25, -0.2) is 0 Å². The van der Waals surface area contributed by atoms with E-state index in [0.717, 1.165) is 5.56 Å². The molecular formula is C12H15N3O2. The smallest absolute Gasteiger partial charge is 0.228 e. The molecule has 5 heteroatoms. The topological polar surface area (TPSA) is 74.2 Å². The molecule has 0 saturated heterocycles. The van der Waals surface area contributed by atoms with E-state index in [-0.39, 0.29) is 6.10 Å². The van der Waals surface area contributed by atoms with Crippen LogP contribution in [0.2, 0.25) is 0 Å². The summed E-state index contributed by atoms with van der Waals surface area (Å²) in [4.78, 5) is 4.26. The third-order valence-corrected chi connectivity index (χ3v) is 2.41. The summed E-state index contributed by atoms with van der Waals surface area (Å²) in [6.07, 6.45) is 0.282. The van der Waals surface area contributed by atoms with Crippen molar-refractivity contribution in [1.82, 2.24) is 10.1 Å². The van der Waals surface area contributed by atoms with Gasteiger partial charge in [-0.1, -0.05) is 35.5 Å². The average molecular weight is 233 g/mol. The standard InChI is InChI=1S/C12H15N3O2/c1-16-11(9-5-3-2-4-6-9)12-14-10(7-8-13)17-15-12/h2-6,11H,7-8,13H2,1H3. The number of nitrogens with zero attached hydrogens (tertiary/aromatic N) is 2. The van der Waals surface area contributed by atoms with Crippen molar-refractivity contribution in [1.29, 1.82) is 0 Å². The molecule has 0 aliphatic rings. The first-order valence-electron chi connectivity index (χ1n) is 5.45. The van der Waals surface area contributed by atoms with E-state index in [1.807, 2.05) is 30.3 Å². The van der Waals surface area contributed by atoms with E-state index in [1.165, 1.54) is 0 Å². The lowest BCUT2D eigenvalue weighted by molar-refractivity contribution is 0.126. The normalized spacial score (nSPS) is 12.6. The van der Waals surface area contributed by atoms with Crippen LogP contribution in [0.15, 0.2) is 34.9 Å². The summed E-state index contributed by atoms with van der Waals surface area (Å²) in [6.45, 7) is 0.491. The predicted octanol–water partition coefficient (Wildman–Crippen LogP) is 1.31. The first kappa shape index (κ1) is 11.8. The van der Waals surface area contributed by atoms with Gasteiger partial charge in [0.25, 0.3) is 0 Å². The summed E-state index contributed by atoms with van der Waals surface area (Å²) >= 11 is 0. The van der Waals surface area contributed by atoms with Gasteiger partial charge in [-0.3, -0.25) is 0 Å². The Morgan fingerprint density at radius 3 is 2.76 bits per heavy atom. The lowest BCUT2D eigenvalue weighted by Crippen LogP contribution is -2.06. The van der Waals surface area contributed by atoms with Crippen molar-refractivity contribution in [3.05, 3.63) is 47.6 Å². The fourth-order valence-corrected chi connectivity index (χ4v) is 1.62. The van der Waals surface area contributed by atoms with E-state index in [0.29, 0.717) is 24.7 Å². The van der Waals surface area contributed by atoms with E-state index < -0.39 is 0 Å². The second-order valence-electron chi connectivity index (χ2n) is 3.61. The van der Waals surface area contributed by atoms with Gasteiger partial charge in [-0.15, -0.1) is 0 Å². The van der Waals surface area contributed by atoms with Gasteiger partial charge in [0.05, 0.1) is 0 Å². The molecule has 1 heterocycles. The van der Waals surface area contributed by atoms with Gasteiger partial charge in [-0.05, 0) is 5.56 Å². The molecule has 2 aromatic rings. The van der Waals surface area contributed by atoms with Crippen molar-refractivity contribution >= 4 is 0 Å². The van der Waals surface area contributed by atoms with Crippen LogP contribution in [-0.4, -0.2) is 23.8 Å². The second-order valence-corrected chi connectivity index (χ2v) is 3.61. The number of aromatic nitrogens is 2. The van der Waals surface area contributed by atoms with Crippen LogP contribution in [0.25, 0.3) is 0 Å². The molecule has 90 valence electrons. The molecule has 1 aromatic heterocycles. The molecule has 0 radical (unpaired) electrons. The Bertz CT molecular complexity index is 456. The number of ether oxygens (including phenoxy) is 1. The average Bonchev–Trinajstić information content (AvgIpc) is 2.81. The minimum atomic E-state index is -0.300. The maximum atomic E-state index is 5.43. The predicted molar refractivity (Wildman–Crippen MR) is 62.4 cm³/mol. The molecule has 0 amide bonds. The number of rotatable bonds is 5. The molecule has 5 nitrogen and oxygen atoms in total. The van der Waals surface area contributed by atoms with E-state index in [1.54, 1.807) is 7.11 Å². The Hall–Kier alpha value is -1.72. The summed E-state index contributed by atoms with van der Waals surface area (Å²) in [5, 5.41) is 3.92. The zero-order valence-corrected chi connectivity index (χ0v) is 9.67. The van der Waals surface area contributed by atoms with Crippen molar-refractivity contribution in [2.75, 3.05) is 13.7 Å². The summed E-state index contributed by atoms with van der Waals surface area (Å²) in [6, 6.07) is 9.77. The number of benzene rings is 1. The Kier molecular flexibility index (Phi) is 3.85. The van der Waals surface area contributed by atoms with Gasteiger partial charge in [-0.2, -0.15) is 4.98 Å². The minimum Gasteiger partial charge on any atom is -0.369 e. The molecule has 0 aliphatic heterocycles. The number of nitrogens with two attached hydrogens (primary N) is 1. The summed E-state index contributed by atoms with van der Waals surface area (Å²) in [5.41, 5.74) is 6.43. The van der Waals surface area contributed by atoms with Crippen LogP contribution in [0.5, 0.6) is 0 Å². The first-order chi connectivity index (χ1) is 8.35.